The first kappa shape index (κ1) is 20.1. The van der Waals surface area contributed by atoms with E-state index in [9.17, 15) is 4.79 Å². The van der Waals surface area contributed by atoms with Crippen LogP contribution in [0.5, 0.6) is 0 Å². The number of nitrogens with zero attached hydrogens (tertiary/aromatic N) is 3. The molecule has 5 nitrogen and oxygen atoms in total. The molecule has 4 aliphatic carbocycles. The van der Waals surface area contributed by atoms with Crippen LogP contribution >= 0.6 is 11.8 Å². The predicted octanol–water partition coefficient (Wildman–Crippen LogP) is 5.10. The van der Waals surface area contributed by atoms with Gasteiger partial charge in [0.2, 0.25) is 5.91 Å². The number of nitrogens with one attached hydrogen (secondary N) is 1. The Balaban J connectivity index is 1.23. The van der Waals surface area contributed by atoms with Crippen LogP contribution in [0.15, 0.2) is 29.4 Å². The van der Waals surface area contributed by atoms with E-state index >= 15 is 0 Å². The van der Waals surface area contributed by atoms with Crippen LogP contribution in [0.2, 0.25) is 0 Å². The van der Waals surface area contributed by atoms with Crippen LogP contribution in [0.3, 0.4) is 0 Å². The number of thioether (sulfide) groups is 1. The molecule has 4 bridgehead atoms. The lowest BCUT2D eigenvalue weighted by Gasteiger charge is -2.56. The van der Waals surface area contributed by atoms with E-state index in [0.29, 0.717) is 11.2 Å². The van der Waals surface area contributed by atoms with E-state index in [0.717, 1.165) is 47.4 Å². The Labute approximate surface area is 183 Å². The van der Waals surface area contributed by atoms with Gasteiger partial charge in [-0.3, -0.25) is 4.79 Å². The van der Waals surface area contributed by atoms with Crippen molar-refractivity contribution in [3.8, 4) is 0 Å². The van der Waals surface area contributed by atoms with Gasteiger partial charge in [0.05, 0.1) is 5.75 Å². The van der Waals surface area contributed by atoms with Gasteiger partial charge < -0.3 is 9.88 Å². The lowest BCUT2D eigenvalue weighted by atomic mass is 9.49. The van der Waals surface area contributed by atoms with Crippen molar-refractivity contribution >= 4 is 23.4 Å². The lowest BCUT2D eigenvalue weighted by Crippen LogP contribution is -2.47. The van der Waals surface area contributed by atoms with Crippen molar-refractivity contribution in [1.29, 1.82) is 0 Å². The number of carbonyl (C=O) groups excluding carboxylic acids is 1. The third-order valence-electron chi connectivity index (χ3n) is 7.48. The van der Waals surface area contributed by atoms with Crippen LogP contribution in [0.4, 0.5) is 5.69 Å². The molecule has 4 saturated carbocycles. The van der Waals surface area contributed by atoms with Gasteiger partial charge in [-0.15, -0.1) is 10.2 Å². The number of aryl methyl sites for hydroxylation is 1. The summed E-state index contributed by atoms with van der Waals surface area (Å²) in [5.74, 6) is 4.33. The molecule has 2 aromatic rings. The quantitative estimate of drug-likeness (QED) is 0.629. The highest BCUT2D eigenvalue weighted by Gasteiger charge is 2.51. The van der Waals surface area contributed by atoms with E-state index in [2.05, 4.69) is 27.0 Å². The molecule has 0 radical (unpaired) electrons. The molecule has 0 atom stereocenters. The third kappa shape index (κ3) is 4.03. The lowest BCUT2D eigenvalue weighted by molar-refractivity contribution is -0.113. The maximum Gasteiger partial charge on any atom is 0.234 e. The summed E-state index contributed by atoms with van der Waals surface area (Å²) in [5.41, 5.74) is 2.48. The average molecular weight is 425 g/mol. The molecule has 0 aliphatic heterocycles. The largest absolute Gasteiger partial charge is 0.325 e. The minimum Gasteiger partial charge on any atom is -0.325 e. The highest BCUT2D eigenvalue weighted by Crippen LogP contribution is 2.61. The minimum absolute atomic E-state index is 0.00265. The Morgan fingerprint density at radius 2 is 1.73 bits per heavy atom. The SMILES string of the molecule is CCn1c(CC23CC4CC(CC(C4)C2)C3)nnc1SCC(=O)Nc1ccc(C)cc1. The number of aromatic nitrogens is 3. The van der Waals surface area contributed by atoms with Gasteiger partial charge in [-0.2, -0.15) is 0 Å². The smallest absolute Gasteiger partial charge is 0.234 e. The molecule has 4 aliphatic rings. The van der Waals surface area contributed by atoms with E-state index < -0.39 is 0 Å². The molecule has 1 aromatic carbocycles. The maximum atomic E-state index is 12.4. The fraction of sp³-hybridized carbons (Fsp3) is 0.625. The summed E-state index contributed by atoms with van der Waals surface area (Å²) in [6, 6.07) is 7.90. The first-order valence-corrected chi connectivity index (χ1v) is 12.4. The first-order chi connectivity index (χ1) is 14.5. The van der Waals surface area contributed by atoms with Crippen LogP contribution in [0.1, 0.15) is 56.8 Å². The van der Waals surface area contributed by atoms with Crippen molar-refractivity contribution in [3.05, 3.63) is 35.7 Å². The fourth-order valence-corrected chi connectivity index (χ4v) is 7.50. The Kier molecular flexibility index (Phi) is 5.38. The second-order valence-corrected chi connectivity index (χ2v) is 10.9. The number of carbonyl (C=O) groups is 1. The van der Waals surface area contributed by atoms with Crippen LogP contribution in [0, 0.1) is 30.1 Å². The number of benzene rings is 1. The van der Waals surface area contributed by atoms with Gasteiger partial charge in [-0.1, -0.05) is 29.5 Å². The van der Waals surface area contributed by atoms with Crippen LogP contribution in [-0.4, -0.2) is 26.4 Å². The minimum atomic E-state index is -0.00265. The summed E-state index contributed by atoms with van der Waals surface area (Å²) in [5, 5.41) is 12.9. The highest BCUT2D eigenvalue weighted by molar-refractivity contribution is 7.99. The fourth-order valence-electron chi connectivity index (χ4n) is 6.68. The molecule has 0 spiro atoms. The second kappa shape index (κ2) is 8.03. The van der Waals surface area contributed by atoms with E-state index in [-0.39, 0.29) is 5.91 Å². The van der Waals surface area contributed by atoms with Crippen molar-refractivity contribution in [2.75, 3.05) is 11.1 Å². The van der Waals surface area contributed by atoms with Crippen molar-refractivity contribution in [2.45, 2.75) is 70.5 Å². The van der Waals surface area contributed by atoms with Crippen LogP contribution in [-0.2, 0) is 17.8 Å². The molecule has 1 N–H and O–H groups in total. The number of hydrogen-bond acceptors (Lipinski definition) is 4. The highest BCUT2D eigenvalue weighted by atomic mass is 32.2. The van der Waals surface area contributed by atoms with E-state index in [4.69, 9.17) is 0 Å². The third-order valence-corrected chi connectivity index (χ3v) is 8.44. The van der Waals surface area contributed by atoms with Crippen LogP contribution in [0.25, 0.3) is 0 Å². The summed E-state index contributed by atoms with van der Waals surface area (Å²) < 4.78 is 2.24. The number of amides is 1. The van der Waals surface area contributed by atoms with Crippen LogP contribution < -0.4 is 5.32 Å². The van der Waals surface area contributed by atoms with Gasteiger partial charge in [-0.25, -0.2) is 0 Å². The molecule has 6 rings (SSSR count). The van der Waals surface area contributed by atoms with Gasteiger partial charge in [0, 0.05) is 18.7 Å². The summed E-state index contributed by atoms with van der Waals surface area (Å²) in [6.45, 7) is 5.06. The van der Waals surface area contributed by atoms with Crippen molar-refractivity contribution in [2.24, 2.45) is 23.2 Å². The van der Waals surface area contributed by atoms with Crippen molar-refractivity contribution < 1.29 is 4.79 Å². The topological polar surface area (TPSA) is 59.8 Å². The summed E-state index contributed by atoms with van der Waals surface area (Å²) >= 11 is 1.49. The molecule has 0 saturated heterocycles. The number of hydrogen-bond donors (Lipinski definition) is 1. The normalized spacial score (nSPS) is 29.3. The molecule has 6 heteroatoms. The van der Waals surface area contributed by atoms with Gasteiger partial charge in [0.1, 0.15) is 5.82 Å². The molecular weight excluding hydrogens is 392 g/mol. The predicted molar refractivity (Wildman–Crippen MR) is 121 cm³/mol. The zero-order valence-electron chi connectivity index (χ0n) is 18.1. The Hall–Kier alpha value is -1.82. The maximum absolute atomic E-state index is 12.4. The molecule has 1 amide bonds. The summed E-state index contributed by atoms with van der Waals surface area (Å²) in [7, 11) is 0. The Morgan fingerprint density at radius 1 is 1.10 bits per heavy atom. The average Bonchev–Trinajstić information content (AvgIpc) is 3.08. The van der Waals surface area contributed by atoms with Gasteiger partial charge in [0.15, 0.2) is 5.16 Å². The Morgan fingerprint density at radius 3 is 2.33 bits per heavy atom. The van der Waals surface area contributed by atoms with E-state index in [1.165, 1.54) is 55.9 Å². The monoisotopic (exact) mass is 424 g/mol. The molecule has 160 valence electrons. The van der Waals surface area contributed by atoms with E-state index in [1.807, 2.05) is 31.2 Å². The first-order valence-electron chi connectivity index (χ1n) is 11.4. The van der Waals surface area contributed by atoms with E-state index in [1.54, 1.807) is 0 Å². The zero-order valence-corrected chi connectivity index (χ0v) is 18.9. The molecular formula is C24H32N4OS. The van der Waals surface area contributed by atoms with Gasteiger partial charge >= 0.3 is 0 Å². The van der Waals surface area contributed by atoms with Crippen molar-refractivity contribution in [1.82, 2.24) is 14.8 Å². The molecule has 30 heavy (non-hydrogen) atoms. The molecule has 0 unspecified atom stereocenters. The van der Waals surface area contributed by atoms with Gasteiger partial charge in [0.25, 0.3) is 0 Å². The summed E-state index contributed by atoms with van der Waals surface area (Å²) in [4.78, 5) is 12.4. The number of anilines is 1. The van der Waals surface area contributed by atoms with Gasteiger partial charge in [-0.05, 0) is 87.7 Å². The number of rotatable bonds is 7. The second-order valence-electron chi connectivity index (χ2n) is 9.94. The Bertz CT molecular complexity index is 885. The molecule has 4 fully saturated rings. The summed E-state index contributed by atoms with van der Waals surface area (Å²) in [6.07, 6.45) is 9.63. The molecule has 1 aromatic heterocycles. The zero-order chi connectivity index (χ0) is 20.7. The standard InChI is InChI=1S/C24H32N4OS/c1-3-28-21(14-24-11-17-8-18(12-24)10-19(9-17)13-24)26-27-23(28)30-15-22(29)25-20-6-4-16(2)5-7-20/h4-7,17-19H,3,8-15H2,1-2H3,(H,25,29). The molecule has 1 heterocycles. The van der Waals surface area contributed by atoms with Crippen molar-refractivity contribution in [3.63, 3.8) is 0 Å².